The van der Waals surface area contributed by atoms with Crippen LogP contribution in [-0.2, 0) is 17.7 Å². The minimum atomic E-state index is -0.605. The molecule has 0 bridgehead atoms. The lowest BCUT2D eigenvalue weighted by atomic mass is 9.96. The highest BCUT2D eigenvalue weighted by Gasteiger charge is 2.19. The summed E-state index contributed by atoms with van der Waals surface area (Å²) in [5.74, 6) is 0.809. The lowest BCUT2D eigenvalue weighted by molar-refractivity contribution is 0.0144. The quantitative estimate of drug-likeness (QED) is 0.241. The average Bonchev–Trinajstić information content (AvgIpc) is 3.57. The summed E-state index contributed by atoms with van der Waals surface area (Å²) in [6.07, 6.45) is 3.62. The first kappa shape index (κ1) is 27.8. The van der Waals surface area contributed by atoms with E-state index in [1.165, 1.54) is 4.57 Å². The molecule has 0 spiro atoms. The first-order valence-corrected chi connectivity index (χ1v) is 13.6. The van der Waals surface area contributed by atoms with E-state index in [1.54, 1.807) is 10.7 Å². The SMILES string of the molecule is CCCc1c(Cc2ccc(-c3ccccc3-c3noc(=O)[nH]3)cc2)c(=O)n(C=C(C)NOC(C)C)c2nc(C)nn12. The predicted octanol–water partition coefficient (Wildman–Crippen LogP) is 4.50. The Balaban J connectivity index is 1.55. The molecule has 0 atom stereocenters. The van der Waals surface area contributed by atoms with Crippen molar-refractivity contribution in [3.8, 4) is 22.5 Å². The van der Waals surface area contributed by atoms with E-state index in [9.17, 15) is 9.59 Å². The van der Waals surface area contributed by atoms with Gasteiger partial charge in [0.1, 0.15) is 5.82 Å². The van der Waals surface area contributed by atoms with Gasteiger partial charge in [0.15, 0.2) is 5.82 Å². The van der Waals surface area contributed by atoms with Crippen molar-refractivity contribution < 1.29 is 9.36 Å². The van der Waals surface area contributed by atoms with Crippen LogP contribution in [0.4, 0.5) is 0 Å². The van der Waals surface area contributed by atoms with Crippen molar-refractivity contribution in [3.05, 3.63) is 97.8 Å². The number of nitrogens with one attached hydrogen (secondary N) is 2. The smallest absolute Gasteiger partial charge is 0.296 e. The number of allylic oxidation sites excluding steroid dienone is 1. The topological polar surface area (TPSA) is 132 Å². The number of hydrogen-bond acceptors (Lipinski definition) is 8. The van der Waals surface area contributed by atoms with Crippen molar-refractivity contribution in [2.75, 3.05) is 0 Å². The first-order chi connectivity index (χ1) is 19.7. The zero-order valence-corrected chi connectivity index (χ0v) is 23.8. The van der Waals surface area contributed by atoms with Crippen LogP contribution in [-0.4, -0.2) is 35.4 Å². The lowest BCUT2D eigenvalue weighted by Gasteiger charge is -2.15. The number of aromatic nitrogens is 6. The molecule has 212 valence electrons. The number of benzene rings is 2. The molecule has 0 unspecified atom stereocenters. The Hall–Kier alpha value is -4.77. The maximum absolute atomic E-state index is 14.0. The summed E-state index contributed by atoms with van der Waals surface area (Å²) in [4.78, 5) is 38.2. The number of aromatic amines is 1. The fourth-order valence-electron chi connectivity index (χ4n) is 4.74. The number of fused-ring (bicyclic) bond motifs is 1. The van der Waals surface area contributed by atoms with Gasteiger partial charge in [0.05, 0.1) is 17.5 Å². The van der Waals surface area contributed by atoms with Crippen molar-refractivity contribution >= 4 is 12.0 Å². The van der Waals surface area contributed by atoms with E-state index in [1.807, 2.05) is 76.2 Å². The summed E-state index contributed by atoms with van der Waals surface area (Å²) < 4.78 is 8.02. The highest BCUT2D eigenvalue weighted by atomic mass is 16.7. The number of hydroxylamine groups is 1. The van der Waals surface area contributed by atoms with Crippen LogP contribution in [0.1, 0.15) is 56.8 Å². The van der Waals surface area contributed by atoms with Gasteiger partial charge >= 0.3 is 5.76 Å². The molecule has 11 heteroatoms. The third kappa shape index (κ3) is 5.90. The van der Waals surface area contributed by atoms with E-state index in [2.05, 4.69) is 32.6 Å². The Morgan fingerprint density at radius 1 is 1.12 bits per heavy atom. The van der Waals surface area contributed by atoms with E-state index < -0.39 is 5.76 Å². The summed E-state index contributed by atoms with van der Waals surface area (Å²) in [7, 11) is 0. The van der Waals surface area contributed by atoms with Crippen molar-refractivity contribution in [3.63, 3.8) is 0 Å². The number of hydrogen-bond donors (Lipinski definition) is 2. The number of aryl methyl sites for hydroxylation is 2. The van der Waals surface area contributed by atoms with Crippen molar-refractivity contribution in [1.82, 2.24) is 34.8 Å². The van der Waals surface area contributed by atoms with Gasteiger partial charge in [0, 0.05) is 23.7 Å². The van der Waals surface area contributed by atoms with Crippen LogP contribution >= 0.6 is 0 Å². The molecule has 2 N–H and O–H groups in total. The summed E-state index contributed by atoms with van der Waals surface area (Å²) in [6.45, 7) is 9.57. The van der Waals surface area contributed by atoms with Gasteiger partial charge in [-0.1, -0.05) is 67.0 Å². The van der Waals surface area contributed by atoms with Crippen LogP contribution in [0, 0.1) is 6.92 Å². The van der Waals surface area contributed by atoms with Gasteiger partial charge in [-0.3, -0.25) is 24.6 Å². The summed E-state index contributed by atoms with van der Waals surface area (Å²) in [5.41, 5.74) is 8.48. The molecule has 0 aliphatic heterocycles. The Morgan fingerprint density at radius 2 is 1.85 bits per heavy atom. The zero-order valence-electron chi connectivity index (χ0n) is 23.8. The molecule has 0 aliphatic carbocycles. The van der Waals surface area contributed by atoms with E-state index >= 15 is 0 Å². The molecule has 3 aromatic heterocycles. The maximum Gasteiger partial charge on any atom is 0.439 e. The summed E-state index contributed by atoms with van der Waals surface area (Å²) in [5, 5.41) is 8.48. The first-order valence-electron chi connectivity index (χ1n) is 13.6. The zero-order chi connectivity index (χ0) is 29.1. The maximum atomic E-state index is 14.0. The molecule has 41 heavy (non-hydrogen) atoms. The predicted molar refractivity (Wildman–Crippen MR) is 156 cm³/mol. The average molecular weight is 556 g/mol. The molecule has 2 aromatic carbocycles. The van der Waals surface area contributed by atoms with Gasteiger partial charge in [-0.15, -0.1) is 0 Å². The number of rotatable bonds is 10. The third-order valence-electron chi connectivity index (χ3n) is 6.53. The van der Waals surface area contributed by atoms with E-state index in [4.69, 9.17) is 9.36 Å². The van der Waals surface area contributed by atoms with Gasteiger partial charge in [-0.2, -0.15) is 10.1 Å². The van der Waals surface area contributed by atoms with E-state index in [0.29, 0.717) is 41.5 Å². The van der Waals surface area contributed by atoms with Gasteiger partial charge in [-0.25, -0.2) is 13.9 Å². The molecule has 5 rings (SSSR count). The summed E-state index contributed by atoms with van der Waals surface area (Å²) >= 11 is 0. The highest BCUT2D eigenvalue weighted by molar-refractivity contribution is 5.80. The number of H-pyrrole nitrogens is 1. The minimum Gasteiger partial charge on any atom is -0.296 e. The van der Waals surface area contributed by atoms with Gasteiger partial charge in [0.2, 0.25) is 5.78 Å². The third-order valence-corrected chi connectivity index (χ3v) is 6.53. The molecule has 11 nitrogen and oxygen atoms in total. The Morgan fingerprint density at radius 3 is 2.51 bits per heavy atom. The molecule has 5 aromatic rings. The van der Waals surface area contributed by atoms with E-state index in [-0.39, 0.29) is 11.7 Å². The Kier molecular flexibility index (Phi) is 7.97. The number of nitrogens with zero attached hydrogens (tertiary/aromatic N) is 5. The Labute approximate surface area is 236 Å². The van der Waals surface area contributed by atoms with Gasteiger partial charge < -0.3 is 0 Å². The van der Waals surface area contributed by atoms with Crippen molar-refractivity contribution in [2.24, 2.45) is 0 Å². The van der Waals surface area contributed by atoms with Gasteiger partial charge in [-0.05, 0) is 50.8 Å². The second-order valence-electron chi connectivity index (χ2n) is 10.2. The molecule has 0 saturated carbocycles. The second-order valence-corrected chi connectivity index (χ2v) is 10.2. The van der Waals surface area contributed by atoms with Crippen molar-refractivity contribution in [1.29, 1.82) is 0 Å². The fourth-order valence-corrected chi connectivity index (χ4v) is 4.74. The molecule has 0 amide bonds. The Bertz CT molecular complexity index is 1820. The monoisotopic (exact) mass is 555 g/mol. The van der Waals surface area contributed by atoms with Gasteiger partial charge in [0.25, 0.3) is 5.56 Å². The molecule has 3 heterocycles. The molecule has 0 aliphatic rings. The van der Waals surface area contributed by atoms with E-state index in [0.717, 1.165) is 34.4 Å². The minimum absolute atomic E-state index is 0.0268. The molecule has 0 fully saturated rings. The highest BCUT2D eigenvalue weighted by Crippen LogP contribution is 2.30. The van der Waals surface area contributed by atoms with Crippen LogP contribution in [0.15, 0.2) is 68.3 Å². The van der Waals surface area contributed by atoms with Crippen LogP contribution in [0.5, 0.6) is 0 Å². The second kappa shape index (κ2) is 11.8. The summed E-state index contributed by atoms with van der Waals surface area (Å²) in [6, 6.07) is 15.7. The lowest BCUT2D eigenvalue weighted by Crippen LogP contribution is -2.28. The van der Waals surface area contributed by atoms with Crippen molar-refractivity contribution in [2.45, 2.75) is 60.0 Å². The van der Waals surface area contributed by atoms with Crippen LogP contribution < -0.4 is 16.8 Å². The van der Waals surface area contributed by atoms with Crippen LogP contribution in [0.25, 0.3) is 34.5 Å². The standard InChI is InChI=1S/C30H33N7O4/c1-6-9-26-25(28(38)36(17-19(4)34-40-18(2)3)29-31-20(5)33-37(26)29)16-21-12-14-22(15-13-21)23-10-7-8-11-24(23)27-32-30(39)41-35-27/h7-8,10-15,17-18,34H,6,9,16H2,1-5H3,(H,32,35,39). The molecular formula is C30H33N7O4. The fraction of sp³-hybridized carbons (Fsp3) is 0.300. The van der Waals surface area contributed by atoms with Crippen LogP contribution in [0.2, 0.25) is 0 Å². The largest absolute Gasteiger partial charge is 0.439 e. The molecular weight excluding hydrogens is 522 g/mol. The normalized spacial score (nSPS) is 12.0. The van der Waals surface area contributed by atoms with Crippen LogP contribution in [0.3, 0.4) is 0 Å². The molecule has 0 radical (unpaired) electrons. The molecule has 0 saturated heterocycles.